The van der Waals surface area contributed by atoms with Crippen LogP contribution in [0.2, 0.25) is 0 Å². The molecule has 3 N–H and O–H groups in total. The Bertz CT molecular complexity index is 432. The van der Waals surface area contributed by atoms with Crippen LogP contribution in [-0.4, -0.2) is 29.3 Å². The summed E-state index contributed by atoms with van der Waals surface area (Å²) in [6.45, 7) is 5.60. The van der Waals surface area contributed by atoms with Gasteiger partial charge in [-0.05, 0) is 38.8 Å². The Kier molecular flexibility index (Phi) is 5.23. The van der Waals surface area contributed by atoms with Gasteiger partial charge in [0.2, 0.25) is 0 Å². The van der Waals surface area contributed by atoms with Gasteiger partial charge in [-0.15, -0.1) is 0 Å². The van der Waals surface area contributed by atoms with Crippen molar-refractivity contribution >= 4 is 6.09 Å². The molecule has 0 aliphatic rings. The molecule has 0 bridgehead atoms. The first kappa shape index (κ1) is 15.4. The van der Waals surface area contributed by atoms with E-state index in [2.05, 4.69) is 10.3 Å². The number of carbonyl (C=O) groups excluding carboxylic acids is 1. The molecule has 1 atom stereocenters. The summed E-state index contributed by atoms with van der Waals surface area (Å²) < 4.78 is 18.0. The van der Waals surface area contributed by atoms with Crippen molar-refractivity contribution < 1.29 is 13.9 Å². The zero-order valence-electron chi connectivity index (χ0n) is 11.4. The third kappa shape index (κ3) is 6.71. The van der Waals surface area contributed by atoms with E-state index < -0.39 is 17.5 Å². The van der Waals surface area contributed by atoms with Crippen molar-refractivity contribution in [2.75, 3.05) is 6.54 Å². The third-order valence-electron chi connectivity index (χ3n) is 2.17. The number of hydrogen-bond donors (Lipinski definition) is 2. The van der Waals surface area contributed by atoms with Crippen LogP contribution in [0.3, 0.4) is 0 Å². The standard InChI is InChI=1S/C13H20FN3O2/c1-13(2,3)19-12(18)17-8-11(15)5-9-4-10(14)7-16-6-9/h4,6-7,11H,5,8,15H2,1-3H3,(H,17,18). The molecule has 1 aromatic rings. The molecule has 1 aromatic heterocycles. The van der Waals surface area contributed by atoms with Crippen molar-refractivity contribution in [1.82, 2.24) is 10.3 Å². The summed E-state index contributed by atoms with van der Waals surface area (Å²) in [7, 11) is 0. The van der Waals surface area contributed by atoms with E-state index in [0.717, 1.165) is 6.20 Å². The van der Waals surface area contributed by atoms with Crippen LogP contribution < -0.4 is 11.1 Å². The van der Waals surface area contributed by atoms with Crippen LogP contribution in [0.25, 0.3) is 0 Å². The molecule has 0 fully saturated rings. The van der Waals surface area contributed by atoms with Crippen LogP contribution in [0.15, 0.2) is 18.5 Å². The highest BCUT2D eigenvalue weighted by atomic mass is 19.1. The van der Waals surface area contributed by atoms with E-state index in [1.165, 1.54) is 6.07 Å². The van der Waals surface area contributed by atoms with E-state index in [1.54, 1.807) is 27.0 Å². The lowest BCUT2D eigenvalue weighted by Gasteiger charge is -2.20. The van der Waals surface area contributed by atoms with Crippen molar-refractivity contribution in [3.05, 3.63) is 29.8 Å². The Morgan fingerprint density at radius 3 is 2.79 bits per heavy atom. The zero-order valence-corrected chi connectivity index (χ0v) is 11.4. The summed E-state index contributed by atoms with van der Waals surface area (Å²) in [6, 6.07) is 1.05. The fourth-order valence-electron chi connectivity index (χ4n) is 1.47. The van der Waals surface area contributed by atoms with Gasteiger partial charge in [-0.3, -0.25) is 4.98 Å². The molecule has 0 radical (unpaired) electrons. The maximum atomic E-state index is 12.9. The fraction of sp³-hybridized carbons (Fsp3) is 0.538. The first-order chi connectivity index (χ1) is 8.76. The number of pyridine rings is 1. The summed E-state index contributed by atoms with van der Waals surface area (Å²) in [5, 5.41) is 2.57. The van der Waals surface area contributed by atoms with Crippen LogP contribution in [0.4, 0.5) is 9.18 Å². The molecular formula is C13H20FN3O2. The second-order valence-electron chi connectivity index (χ2n) is 5.36. The third-order valence-corrected chi connectivity index (χ3v) is 2.17. The van der Waals surface area contributed by atoms with Crippen LogP contribution in [0.1, 0.15) is 26.3 Å². The van der Waals surface area contributed by atoms with E-state index in [-0.39, 0.29) is 12.6 Å². The molecule has 0 aromatic carbocycles. The van der Waals surface area contributed by atoms with E-state index in [9.17, 15) is 9.18 Å². The highest BCUT2D eigenvalue weighted by Gasteiger charge is 2.16. The second kappa shape index (κ2) is 6.47. The van der Waals surface area contributed by atoms with Gasteiger partial charge in [0, 0.05) is 18.8 Å². The summed E-state index contributed by atoms with van der Waals surface area (Å²) in [6.07, 6.45) is 2.60. The number of carbonyl (C=O) groups is 1. The SMILES string of the molecule is CC(C)(C)OC(=O)NCC(N)Cc1cncc(F)c1. The van der Waals surface area contributed by atoms with Gasteiger partial charge in [0.25, 0.3) is 0 Å². The number of aromatic nitrogens is 1. The van der Waals surface area contributed by atoms with Gasteiger partial charge in [0.05, 0.1) is 6.20 Å². The predicted octanol–water partition coefficient (Wildman–Crippen LogP) is 1.62. The number of amides is 1. The molecule has 0 aliphatic heterocycles. The summed E-state index contributed by atoms with van der Waals surface area (Å²) in [4.78, 5) is 15.1. The number of nitrogens with zero attached hydrogens (tertiary/aromatic N) is 1. The quantitative estimate of drug-likeness (QED) is 0.870. The molecule has 5 nitrogen and oxygen atoms in total. The lowest BCUT2D eigenvalue weighted by molar-refractivity contribution is 0.0524. The highest BCUT2D eigenvalue weighted by molar-refractivity contribution is 5.67. The Morgan fingerprint density at radius 2 is 2.21 bits per heavy atom. The van der Waals surface area contributed by atoms with E-state index >= 15 is 0 Å². The van der Waals surface area contributed by atoms with Crippen LogP contribution >= 0.6 is 0 Å². The molecular weight excluding hydrogens is 249 g/mol. The first-order valence-corrected chi connectivity index (χ1v) is 6.08. The van der Waals surface area contributed by atoms with Crippen LogP contribution in [0, 0.1) is 5.82 Å². The molecule has 1 rings (SSSR count). The van der Waals surface area contributed by atoms with Crippen molar-refractivity contribution in [3.63, 3.8) is 0 Å². The second-order valence-corrected chi connectivity index (χ2v) is 5.36. The first-order valence-electron chi connectivity index (χ1n) is 6.08. The van der Waals surface area contributed by atoms with Gasteiger partial charge in [-0.1, -0.05) is 0 Å². The molecule has 106 valence electrons. The molecule has 0 saturated carbocycles. The van der Waals surface area contributed by atoms with Crippen molar-refractivity contribution in [1.29, 1.82) is 0 Å². The minimum absolute atomic E-state index is 0.255. The maximum Gasteiger partial charge on any atom is 0.407 e. The maximum absolute atomic E-state index is 12.9. The van der Waals surface area contributed by atoms with Crippen LogP contribution in [-0.2, 0) is 11.2 Å². The van der Waals surface area contributed by atoms with Gasteiger partial charge < -0.3 is 15.8 Å². The van der Waals surface area contributed by atoms with E-state index in [1.807, 2.05) is 0 Å². The number of nitrogens with one attached hydrogen (secondary N) is 1. The molecule has 1 heterocycles. The van der Waals surface area contributed by atoms with E-state index in [0.29, 0.717) is 12.0 Å². The molecule has 19 heavy (non-hydrogen) atoms. The topological polar surface area (TPSA) is 77.2 Å². The lowest BCUT2D eigenvalue weighted by Crippen LogP contribution is -2.41. The molecule has 1 amide bonds. The minimum Gasteiger partial charge on any atom is -0.444 e. The minimum atomic E-state index is -0.541. The smallest absolute Gasteiger partial charge is 0.407 e. The summed E-state index contributed by atoms with van der Waals surface area (Å²) in [5.74, 6) is -0.398. The summed E-state index contributed by atoms with van der Waals surface area (Å²) >= 11 is 0. The number of ether oxygens (including phenoxy) is 1. The zero-order chi connectivity index (χ0) is 14.5. The predicted molar refractivity (Wildman–Crippen MR) is 70.1 cm³/mol. The molecule has 0 aliphatic carbocycles. The lowest BCUT2D eigenvalue weighted by atomic mass is 10.1. The van der Waals surface area contributed by atoms with Crippen LogP contribution in [0.5, 0.6) is 0 Å². The molecule has 0 saturated heterocycles. The Balaban J connectivity index is 2.36. The number of hydrogen-bond acceptors (Lipinski definition) is 4. The number of rotatable bonds is 4. The monoisotopic (exact) mass is 269 g/mol. The van der Waals surface area contributed by atoms with Gasteiger partial charge in [-0.25, -0.2) is 9.18 Å². The fourth-order valence-corrected chi connectivity index (χ4v) is 1.47. The number of nitrogens with two attached hydrogens (primary N) is 1. The largest absolute Gasteiger partial charge is 0.444 e. The summed E-state index contributed by atoms with van der Waals surface area (Å²) in [5.41, 5.74) is 6.00. The van der Waals surface area contributed by atoms with Gasteiger partial charge >= 0.3 is 6.09 Å². The number of halogens is 1. The molecule has 0 spiro atoms. The van der Waals surface area contributed by atoms with E-state index in [4.69, 9.17) is 10.5 Å². The van der Waals surface area contributed by atoms with Crippen molar-refractivity contribution in [2.24, 2.45) is 5.73 Å². The van der Waals surface area contributed by atoms with Gasteiger partial charge in [0.1, 0.15) is 11.4 Å². The van der Waals surface area contributed by atoms with Crippen molar-refractivity contribution in [3.8, 4) is 0 Å². The average molecular weight is 269 g/mol. The highest BCUT2D eigenvalue weighted by Crippen LogP contribution is 2.07. The normalized spacial score (nSPS) is 12.9. The molecule has 6 heteroatoms. The Labute approximate surface area is 112 Å². The number of alkyl carbamates (subject to hydrolysis) is 1. The average Bonchev–Trinajstić information content (AvgIpc) is 2.24. The van der Waals surface area contributed by atoms with Gasteiger partial charge in [-0.2, -0.15) is 0 Å². The van der Waals surface area contributed by atoms with Gasteiger partial charge in [0.15, 0.2) is 0 Å². The molecule has 1 unspecified atom stereocenters. The van der Waals surface area contributed by atoms with Crippen molar-refractivity contribution in [2.45, 2.75) is 38.8 Å². The Hall–Kier alpha value is -1.69. The Morgan fingerprint density at radius 1 is 1.53 bits per heavy atom.